The first-order valence-electron chi connectivity index (χ1n) is 10.2. The van der Waals surface area contributed by atoms with E-state index in [0.29, 0.717) is 18.2 Å². The monoisotopic (exact) mass is 411 g/mol. The Balaban J connectivity index is 1.91. The van der Waals surface area contributed by atoms with Crippen LogP contribution in [0.4, 0.5) is 0 Å². The van der Waals surface area contributed by atoms with Gasteiger partial charge in [-0.2, -0.15) is 0 Å². The van der Waals surface area contributed by atoms with Gasteiger partial charge >= 0.3 is 0 Å². The van der Waals surface area contributed by atoms with Crippen LogP contribution in [0, 0.1) is 0 Å². The summed E-state index contributed by atoms with van der Waals surface area (Å²) in [4.78, 5) is 13.0. The highest BCUT2D eigenvalue weighted by Gasteiger charge is 2.22. The molecule has 0 spiro atoms. The van der Waals surface area contributed by atoms with Crippen LogP contribution in [0.3, 0.4) is 0 Å². The van der Waals surface area contributed by atoms with Crippen LogP contribution < -0.4 is 11.2 Å². The van der Waals surface area contributed by atoms with Crippen LogP contribution >= 0.6 is 11.3 Å². The molecule has 5 heteroatoms. The average molecular weight is 412 g/mol. The molecule has 4 nitrogen and oxygen atoms in total. The number of hydrogen-bond donors (Lipinski definition) is 3. The molecule has 0 aliphatic carbocycles. The first-order valence-corrected chi connectivity index (χ1v) is 11.0. The highest BCUT2D eigenvalue weighted by Crippen LogP contribution is 2.27. The molecule has 0 bridgehead atoms. The number of benzene rings is 2. The van der Waals surface area contributed by atoms with E-state index in [2.05, 4.69) is 25.1 Å². The van der Waals surface area contributed by atoms with Crippen LogP contribution in [0.25, 0.3) is 26.2 Å². The van der Waals surface area contributed by atoms with E-state index in [9.17, 15) is 15.0 Å². The van der Waals surface area contributed by atoms with Gasteiger partial charge in [0.15, 0.2) is 5.43 Å². The van der Waals surface area contributed by atoms with Crippen molar-refractivity contribution >= 4 is 37.6 Å². The summed E-state index contributed by atoms with van der Waals surface area (Å²) in [5, 5.41) is 20.2. The Morgan fingerprint density at radius 1 is 1.07 bits per heavy atom. The molecule has 3 rings (SSSR count). The quantitative estimate of drug-likeness (QED) is 0.363. The molecule has 1 heterocycles. The molecule has 0 unspecified atom stereocenters. The maximum atomic E-state index is 13.0. The second-order valence-corrected chi connectivity index (χ2v) is 8.82. The van der Waals surface area contributed by atoms with Crippen LogP contribution in [-0.2, 0) is 6.42 Å². The Morgan fingerprint density at radius 2 is 1.86 bits per heavy atom. The predicted molar refractivity (Wildman–Crippen MR) is 124 cm³/mol. The summed E-state index contributed by atoms with van der Waals surface area (Å²) in [5.74, 6) is 0. The SMILES string of the molecule is CCCC/C=C/c1ccc2c(=O)c3cc(CCC(N)(CO)CO)ccc3sc2c1. The fraction of sp³-hybridized carbons (Fsp3) is 0.375. The summed E-state index contributed by atoms with van der Waals surface area (Å²) >= 11 is 1.63. The molecule has 0 aliphatic heterocycles. The van der Waals surface area contributed by atoms with E-state index in [1.165, 1.54) is 12.8 Å². The minimum atomic E-state index is -0.998. The number of aliphatic hydroxyl groups is 2. The first kappa shape index (κ1) is 21.7. The number of rotatable bonds is 9. The smallest absolute Gasteiger partial charge is 0.195 e. The molecule has 0 amide bonds. The van der Waals surface area contributed by atoms with Gasteiger partial charge in [-0.05, 0) is 54.7 Å². The van der Waals surface area contributed by atoms with E-state index in [4.69, 9.17) is 5.73 Å². The molecule has 0 radical (unpaired) electrons. The van der Waals surface area contributed by atoms with Gasteiger partial charge in [0, 0.05) is 20.2 Å². The molecule has 4 N–H and O–H groups in total. The fourth-order valence-electron chi connectivity index (χ4n) is 3.32. The molecule has 1 aromatic heterocycles. The van der Waals surface area contributed by atoms with E-state index in [-0.39, 0.29) is 18.6 Å². The van der Waals surface area contributed by atoms with Crippen molar-refractivity contribution in [3.63, 3.8) is 0 Å². The van der Waals surface area contributed by atoms with E-state index in [1.807, 2.05) is 30.3 Å². The van der Waals surface area contributed by atoms with Crippen LogP contribution in [0.2, 0.25) is 0 Å². The summed E-state index contributed by atoms with van der Waals surface area (Å²) in [6.07, 6.45) is 8.80. The normalized spacial score (nSPS) is 12.4. The average Bonchev–Trinajstić information content (AvgIpc) is 2.75. The van der Waals surface area contributed by atoms with E-state index in [0.717, 1.165) is 32.3 Å². The third-order valence-electron chi connectivity index (χ3n) is 5.33. The molecular formula is C24H29NO3S. The maximum Gasteiger partial charge on any atom is 0.195 e. The second kappa shape index (κ2) is 9.63. The Morgan fingerprint density at radius 3 is 2.59 bits per heavy atom. The van der Waals surface area contributed by atoms with Crippen molar-refractivity contribution in [3.8, 4) is 0 Å². The highest BCUT2D eigenvalue weighted by atomic mass is 32.1. The van der Waals surface area contributed by atoms with E-state index >= 15 is 0 Å². The van der Waals surface area contributed by atoms with E-state index in [1.54, 1.807) is 11.3 Å². The summed E-state index contributed by atoms with van der Waals surface area (Å²) < 4.78 is 1.95. The van der Waals surface area contributed by atoms with Gasteiger partial charge in [-0.3, -0.25) is 4.79 Å². The molecule has 29 heavy (non-hydrogen) atoms. The standard InChI is InChI=1S/C24H29NO3S/c1-2-3-4-5-6-17-7-9-19-22(14-17)29-21-10-8-18(13-20(21)23(19)28)11-12-24(25,15-26)16-27/h5-10,13-14,26-27H,2-4,11-12,15-16,25H2,1H3/b6-5+. The number of allylic oxidation sites excluding steroid dienone is 1. The van der Waals surface area contributed by atoms with Gasteiger partial charge in [0.1, 0.15) is 0 Å². The molecule has 154 valence electrons. The Bertz CT molecular complexity index is 1070. The lowest BCUT2D eigenvalue weighted by atomic mass is 9.93. The zero-order valence-electron chi connectivity index (χ0n) is 16.9. The number of aryl methyl sites for hydroxylation is 1. The molecule has 3 aromatic rings. The number of fused-ring (bicyclic) bond motifs is 2. The van der Waals surface area contributed by atoms with Crippen molar-refractivity contribution in [2.24, 2.45) is 5.73 Å². The van der Waals surface area contributed by atoms with Crippen molar-refractivity contribution in [3.05, 3.63) is 63.8 Å². The second-order valence-electron chi connectivity index (χ2n) is 7.74. The van der Waals surface area contributed by atoms with Crippen molar-refractivity contribution in [2.75, 3.05) is 13.2 Å². The van der Waals surface area contributed by atoms with Gasteiger partial charge in [-0.25, -0.2) is 0 Å². The first-order chi connectivity index (χ1) is 14.0. The fourth-order valence-corrected chi connectivity index (χ4v) is 4.42. The zero-order chi connectivity index (χ0) is 20.9. The lowest BCUT2D eigenvalue weighted by Gasteiger charge is -2.24. The third kappa shape index (κ3) is 5.11. The summed E-state index contributed by atoms with van der Waals surface area (Å²) in [6.45, 7) is 1.64. The zero-order valence-corrected chi connectivity index (χ0v) is 17.7. The van der Waals surface area contributed by atoms with Crippen molar-refractivity contribution in [2.45, 2.75) is 44.6 Å². The van der Waals surface area contributed by atoms with Crippen LogP contribution in [0.5, 0.6) is 0 Å². The van der Waals surface area contributed by atoms with Gasteiger partial charge in [0.05, 0.1) is 18.8 Å². The Labute approximate surface area is 175 Å². The van der Waals surface area contributed by atoms with Crippen molar-refractivity contribution in [1.82, 2.24) is 0 Å². The highest BCUT2D eigenvalue weighted by molar-refractivity contribution is 7.24. The Kier molecular flexibility index (Phi) is 7.19. The summed E-state index contributed by atoms with van der Waals surface area (Å²) in [5.41, 5.74) is 7.10. The number of hydrogen-bond acceptors (Lipinski definition) is 5. The van der Waals surface area contributed by atoms with E-state index < -0.39 is 5.54 Å². The topological polar surface area (TPSA) is 83.6 Å². The van der Waals surface area contributed by atoms with Gasteiger partial charge in [-0.1, -0.05) is 44.1 Å². The van der Waals surface area contributed by atoms with Crippen molar-refractivity contribution in [1.29, 1.82) is 0 Å². The number of unbranched alkanes of at least 4 members (excludes halogenated alkanes) is 2. The predicted octanol–water partition coefficient (Wildman–Crippen LogP) is 4.23. The molecular weight excluding hydrogens is 382 g/mol. The molecule has 0 saturated carbocycles. The lowest BCUT2D eigenvalue weighted by Crippen LogP contribution is -2.47. The van der Waals surface area contributed by atoms with Gasteiger partial charge in [-0.15, -0.1) is 11.3 Å². The summed E-state index contributed by atoms with van der Waals surface area (Å²) in [6, 6.07) is 11.9. The minimum Gasteiger partial charge on any atom is -0.394 e. The van der Waals surface area contributed by atoms with Gasteiger partial charge < -0.3 is 15.9 Å². The largest absolute Gasteiger partial charge is 0.394 e. The molecule has 2 aromatic carbocycles. The minimum absolute atomic E-state index is 0.0421. The van der Waals surface area contributed by atoms with Crippen LogP contribution in [0.1, 0.15) is 43.7 Å². The molecule has 0 fully saturated rings. The molecule has 0 saturated heterocycles. The van der Waals surface area contributed by atoms with Crippen molar-refractivity contribution < 1.29 is 10.2 Å². The molecule has 0 aliphatic rings. The van der Waals surface area contributed by atoms with Crippen LogP contribution in [-0.4, -0.2) is 29.0 Å². The maximum absolute atomic E-state index is 13.0. The lowest BCUT2D eigenvalue weighted by molar-refractivity contribution is 0.115. The van der Waals surface area contributed by atoms with Crippen LogP contribution in [0.15, 0.2) is 47.3 Å². The summed E-state index contributed by atoms with van der Waals surface area (Å²) in [7, 11) is 0. The third-order valence-corrected chi connectivity index (χ3v) is 6.47. The number of nitrogens with two attached hydrogens (primary N) is 1. The van der Waals surface area contributed by atoms with Gasteiger partial charge in [0.25, 0.3) is 0 Å². The molecule has 0 atom stereocenters. The number of aliphatic hydroxyl groups excluding tert-OH is 2. The van der Waals surface area contributed by atoms with Gasteiger partial charge in [0.2, 0.25) is 0 Å². The Hall–Kier alpha value is -2.05.